The summed E-state index contributed by atoms with van der Waals surface area (Å²) in [5.74, 6) is -0.634. The third-order valence-electron chi connectivity index (χ3n) is 2.26. The molecule has 0 fully saturated rings. The van der Waals surface area contributed by atoms with Crippen molar-refractivity contribution in [2.75, 3.05) is 0 Å². The van der Waals surface area contributed by atoms with Gasteiger partial charge in [-0.1, -0.05) is 30.3 Å². The lowest BCUT2D eigenvalue weighted by Gasteiger charge is -2.04. The number of halogens is 2. The molecular weight excluding hydrogens is 263 g/mol. The number of benzene rings is 2. The molecule has 0 saturated heterocycles. The number of hydrogen-bond acceptors (Lipinski definition) is 2. The normalized spacial score (nSPS) is 11.4. The second-order valence-corrected chi connectivity index (χ2v) is 6.05. The molecule has 2 rings (SSSR count). The molecule has 0 unspecified atom stereocenters. The average molecular weight is 271 g/mol. The SMILES string of the molecule is O=S(=O)(Cl)c1cc(F)cc(-c2ccccc2)c1. The molecule has 0 aliphatic rings. The van der Waals surface area contributed by atoms with E-state index in [-0.39, 0.29) is 4.90 Å². The monoisotopic (exact) mass is 270 g/mol. The molecule has 0 radical (unpaired) electrons. The Kier molecular flexibility index (Phi) is 3.17. The van der Waals surface area contributed by atoms with Crippen molar-refractivity contribution in [3.8, 4) is 11.1 Å². The van der Waals surface area contributed by atoms with Crippen molar-refractivity contribution in [2.45, 2.75) is 4.90 Å². The minimum atomic E-state index is -3.92. The Morgan fingerprint density at radius 2 is 1.59 bits per heavy atom. The molecule has 2 aromatic carbocycles. The lowest BCUT2D eigenvalue weighted by Crippen LogP contribution is -1.93. The van der Waals surface area contributed by atoms with E-state index in [4.69, 9.17) is 10.7 Å². The quantitative estimate of drug-likeness (QED) is 0.784. The first-order chi connectivity index (χ1) is 7.97. The van der Waals surface area contributed by atoms with Crippen LogP contribution >= 0.6 is 10.7 Å². The van der Waals surface area contributed by atoms with Crippen molar-refractivity contribution in [1.29, 1.82) is 0 Å². The maximum Gasteiger partial charge on any atom is 0.261 e. The van der Waals surface area contributed by atoms with E-state index in [1.807, 2.05) is 6.07 Å². The molecule has 0 spiro atoms. The Hall–Kier alpha value is -1.39. The molecule has 5 heteroatoms. The Morgan fingerprint density at radius 1 is 0.941 bits per heavy atom. The summed E-state index contributed by atoms with van der Waals surface area (Å²) >= 11 is 0. The maximum atomic E-state index is 13.3. The molecule has 0 amide bonds. The largest absolute Gasteiger partial charge is 0.261 e. The van der Waals surface area contributed by atoms with Gasteiger partial charge in [0.15, 0.2) is 0 Å². The summed E-state index contributed by atoms with van der Waals surface area (Å²) in [4.78, 5) is -0.238. The third kappa shape index (κ3) is 2.84. The van der Waals surface area contributed by atoms with Gasteiger partial charge >= 0.3 is 0 Å². The summed E-state index contributed by atoms with van der Waals surface area (Å²) in [5.41, 5.74) is 1.21. The second-order valence-electron chi connectivity index (χ2n) is 3.48. The summed E-state index contributed by atoms with van der Waals surface area (Å²) in [5, 5.41) is 0. The van der Waals surface area contributed by atoms with Gasteiger partial charge in [0.1, 0.15) is 5.82 Å². The summed E-state index contributed by atoms with van der Waals surface area (Å²) in [6, 6.07) is 12.4. The van der Waals surface area contributed by atoms with E-state index >= 15 is 0 Å². The fourth-order valence-corrected chi connectivity index (χ4v) is 2.29. The first-order valence-electron chi connectivity index (χ1n) is 4.77. The number of rotatable bonds is 2. The Morgan fingerprint density at radius 3 is 2.18 bits per heavy atom. The van der Waals surface area contributed by atoms with Crippen molar-refractivity contribution >= 4 is 19.7 Å². The Labute approximate surface area is 103 Å². The van der Waals surface area contributed by atoms with Crippen molar-refractivity contribution in [1.82, 2.24) is 0 Å². The molecule has 0 aromatic heterocycles. The van der Waals surface area contributed by atoms with Gasteiger partial charge in [0.05, 0.1) is 4.90 Å². The standard InChI is InChI=1S/C12H8ClFO2S/c13-17(15,16)12-7-10(6-11(14)8-12)9-4-2-1-3-5-9/h1-8H. The molecule has 0 aliphatic carbocycles. The highest BCUT2D eigenvalue weighted by Crippen LogP contribution is 2.25. The van der Waals surface area contributed by atoms with Crippen LogP contribution in [0.15, 0.2) is 53.4 Å². The van der Waals surface area contributed by atoms with E-state index in [2.05, 4.69) is 0 Å². The maximum absolute atomic E-state index is 13.3. The van der Waals surface area contributed by atoms with Crippen LogP contribution in [-0.2, 0) is 9.05 Å². The van der Waals surface area contributed by atoms with Gasteiger partial charge in [0.25, 0.3) is 9.05 Å². The smallest absolute Gasteiger partial charge is 0.207 e. The summed E-state index contributed by atoms with van der Waals surface area (Å²) in [6.07, 6.45) is 0. The first-order valence-corrected chi connectivity index (χ1v) is 7.08. The van der Waals surface area contributed by atoms with Gasteiger partial charge in [-0.25, -0.2) is 12.8 Å². The zero-order valence-corrected chi connectivity index (χ0v) is 10.2. The van der Waals surface area contributed by atoms with Crippen molar-refractivity contribution in [2.24, 2.45) is 0 Å². The first kappa shape index (κ1) is 12.1. The molecule has 0 N–H and O–H groups in total. The predicted octanol–water partition coefficient (Wildman–Crippen LogP) is 3.42. The highest BCUT2D eigenvalue weighted by molar-refractivity contribution is 8.13. The molecule has 2 nitrogen and oxygen atoms in total. The van der Waals surface area contributed by atoms with E-state index in [9.17, 15) is 12.8 Å². The van der Waals surface area contributed by atoms with Crippen LogP contribution in [0.1, 0.15) is 0 Å². The van der Waals surface area contributed by atoms with Crippen LogP contribution < -0.4 is 0 Å². The lowest BCUT2D eigenvalue weighted by molar-refractivity contribution is 0.602. The van der Waals surface area contributed by atoms with E-state index in [0.717, 1.165) is 11.6 Å². The van der Waals surface area contributed by atoms with Crippen LogP contribution in [0.2, 0.25) is 0 Å². The van der Waals surface area contributed by atoms with Gasteiger partial charge in [0, 0.05) is 10.7 Å². The van der Waals surface area contributed by atoms with Crippen LogP contribution in [0.3, 0.4) is 0 Å². The van der Waals surface area contributed by atoms with Gasteiger partial charge in [0.2, 0.25) is 0 Å². The Bertz CT molecular complexity index is 639. The minimum absolute atomic E-state index is 0.238. The molecule has 0 aliphatic heterocycles. The van der Waals surface area contributed by atoms with E-state index in [1.54, 1.807) is 24.3 Å². The van der Waals surface area contributed by atoms with Crippen molar-refractivity contribution < 1.29 is 12.8 Å². The highest BCUT2D eigenvalue weighted by atomic mass is 35.7. The lowest BCUT2D eigenvalue weighted by atomic mass is 10.1. The predicted molar refractivity (Wildman–Crippen MR) is 64.9 cm³/mol. The van der Waals surface area contributed by atoms with Crippen LogP contribution in [0.4, 0.5) is 4.39 Å². The number of hydrogen-bond donors (Lipinski definition) is 0. The summed E-state index contributed by atoms with van der Waals surface area (Å²) < 4.78 is 35.7. The van der Waals surface area contributed by atoms with Gasteiger partial charge in [-0.05, 0) is 29.3 Å². The van der Waals surface area contributed by atoms with E-state index in [1.165, 1.54) is 12.1 Å². The molecule has 0 bridgehead atoms. The van der Waals surface area contributed by atoms with Gasteiger partial charge < -0.3 is 0 Å². The van der Waals surface area contributed by atoms with Crippen molar-refractivity contribution in [3.05, 3.63) is 54.3 Å². The Balaban J connectivity index is 2.61. The minimum Gasteiger partial charge on any atom is -0.207 e. The van der Waals surface area contributed by atoms with E-state index < -0.39 is 14.9 Å². The molecule has 88 valence electrons. The van der Waals surface area contributed by atoms with E-state index in [0.29, 0.717) is 5.56 Å². The molecule has 0 saturated carbocycles. The molecule has 2 aromatic rings. The van der Waals surface area contributed by atoms with Gasteiger partial charge in [-0.3, -0.25) is 0 Å². The highest BCUT2D eigenvalue weighted by Gasteiger charge is 2.13. The van der Waals surface area contributed by atoms with Crippen LogP contribution in [-0.4, -0.2) is 8.42 Å². The topological polar surface area (TPSA) is 34.1 Å². The fourth-order valence-electron chi connectivity index (χ4n) is 1.50. The van der Waals surface area contributed by atoms with Crippen LogP contribution in [0.5, 0.6) is 0 Å². The molecule has 17 heavy (non-hydrogen) atoms. The second kappa shape index (κ2) is 4.47. The summed E-state index contributed by atoms with van der Waals surface area (Å²) in [6.45, 7) is 0. The zero-order chi connectivity index (χ0) is 12.5. The van der Waals surface area contributed by atoms with Crippen LogP contribution in [0.25, 0.3) is 11.1 Å². The zero-order valence-electron chi connectivity index (χ0n) is 8.60. The van der Waals surface area contributed by atoms with Crippen molar-refractivity contribution in [3.63, 3.8) is 0 Å². The summed E-state index contributed by atoms with van der Waals surface area (Å²) in [7, 11) is 1.27. The average Bonchev–Trinajstić information content (AvgIpc) is 2.28. The van der Waals surface area contributed by atoms with Crippen LogP contribution in [0, 0.1) is 5.82 Å². The fraction of sp³-hybridized carbons (Fsp3) is 0. The van der Waals surface area contributed by atoms with Gasteiger partial charge in [-0.2, -0.15) is 0 Å². The molecule has 0 atom stereocenters. The molecule has 0 heterocycles. The van der Waals surface area contributed by atoms with Gasteiger partial charge in [-0.15, -0.1) is 0 Å². The molecular formula is C12H8ClFO2S. The third-order valence-corrected chi connectivity index (χ3v) is 3.59.